The van der Waals surface area contributed by atoms with E-state index in [1.54, 1.807) is 12.1 Å². The predicted molar refractivity (Wildman–Crippen MR) is 78.6 cm³/mol. The van der Waals surface area contributed by atoms with E-state index < -0.39 is 0 Å². The van der Waals surface area contributed by atoms with Gasteiger partial charge in [0, 0.05) is 6.54 Å². The molecule has 2 heteroatoms. The number of aryl methyl sites for hydroxylation is 1. The van der Waals surface area contributed by atoms with Gasteiger partial charge < -0.3 is 5.32 Å². The van der Waals surface area contributed by atoms with Gasteiger partial charge in [-0.3, -0.25) is 0 Å². The Kier molecular flexibility index (Phi) is 4.69. The van der Waals surface area contributed by atoms with E-state index >= 15 is 0 Å². The van der Waals surface area contributed by atoms with Crippen LogP contribution in [0, 0.1) is 12.7 Å². The maximum Gasteiger partial charge on any atom is 0.124 e. The summed E-state index contributed by atoms with van der Waals surface area (Å²) in [6, 6.07) is 13.4. The normalized spacial score (nSPS) is 10.7. The first-order valence-corrected chi connectivity index (χ1v) is 6.76. The molecule has 100 valence electrons. The van der Waals surface area contributed by atoms with Gasteiger partial charge >= 0.3 is 0 Å². The number of nitrogens with one attached hydrogen (secondary N) is 1. The molecule has 0 saturated carbocycles. The van der Waals surface area contributed by atoms with Gasteiger partial charge in [0.2, 0.25) is 0 Å². The molecule has 0 bridgehead atoms. The lowest BCUT2D eigenvalue weighted by atomic mass is 10.0. The molecule has 1 N–H and O–H groups in total. The number of hydrogen-bond donors (Lipinski definition) is 1. The van der Waals surface area contributed by atoms with Gasteiger partial charge in [0.25, 0.3) is 0 Å². The SMILES string of the molecule is CCCNCc1cccc(-c2cc(C)cc(F)c2)c1. The Morgan fingerprint density at radius 1 is 1.05 bits per heavy atom. The third-order valence-electron chi connectivity index (χ3n) is 3.06. The molecule has 0 fully saturated rings. The average molecular weight is 257 g/mol. The van der Waals surface area contributed by atoms with Gasteiger partial charge in [0.05, 0.1) is 0 Å². The Balaban J connectivity index is 2.22. The summed E-state index contributed by atoms with van der Waals surface area (Å²) >= 11 is 0. The van der Waals surface area contributed by atoms with Crippen molar-refractivity contribution in [2.75, 3.05) is 6.54 Å². The maximum atomic E-state index is 13.5. The molecule has 0 aliphatic carbocycles. The highest BCUT2D eigenvalue weighted by Crippen LogP contribution is 2.22. The lowest BCUT2D eigenvalue weighted by Crippen LogP contribution is -2.13. The third-order valence-corrected chi connectivity index (χ3v) is 3.06. The minimum absolute atomic E-state index is 0.176. The van der Waals surface area contributed by atoms with Gasteiger partial charge in [-0.25, -0.2) is 4.39 Å². The highest BCUT2D eigenvalue weighted by atomic mass is 19.1. The van der Waals surface area contributed by atoms with E-state index in [9.17, 15) is 4.39 Å². The molecule has 1 nitrogen and oxygen atoms in total. The van der Waals surface area contributed by atoms with Crippen molar-refractivity contribution >= 4 is 0 Å². The van der Waals surface area contributed by atoms with Crippen molar-refractivity contribution in [3.63, 3.8) is 0 Å². The van der Waals surface area contributed by atoms with E-state index in [-0.39, 0.29) is 5.82 Å². The second-order valence-electron chi connectivity index (χ2n) is 4.89. The lowest BCUT2D eigenvalue weighted by molar-refractivity contribution is 0.627. The molecule has 0 unspecified atom stereocenters. The zero-order chi connectivity index (χ0) is 13.7. The molecule has 2 rings (SSSR count). The highest BCUT2D eigenvalue weighted by molar-refractivity contribution is 5.65. The van der Waals surface area contributed by atoms with Crippen molar-refractivity contribution in [2.24, 2.45) is 0 Å². The summed E-state index contributed by atoms with van der Waals surface area (Å²) in [6.07, 6.45) is 1.13. The fourth-order valence-electron chi connectivity index (χ4n) is 2.17. The molecule has 0 aromatic heterocycles. The van der Waals surface area contributed by atoms with Crippen LogP contribution in [0.3, 0.4) is 0 Å². The Morgan fingerprint density at radius 2 is 1.89 bits per heavy atom. The van der Waals surface area contributed by atoms with Crippen LogP contribution in [0.25, 0.3) is 11.1 Å². The van der Waals surface area contributed by atoms with E-state index in [1.807, 2.05) is 25.1 Å². The molecule has 19 heavy (non-hydrogen) atoms. The quantitative estimate of drug-likeness (QED) is 0.787. The van der Waals surface area contributed by atoms with Crippen LogP contribution in [-0.4, -0.2) is 6.54 Å². The van der Waals surface area contributed by atoms with E-state index in [0.29, 0.717) is 0 Å². The summed E-state index contributed by atoms with van der Waals surface area (Å²) in [5, 5.41) is 3.38. The van der Waals surface area contributed by atoms with Gasteiger partial charge in [-0.2, -0.15) is 0 Å². The van der Waals surface area contributed by atoms with Crippen molar-refractivity contribution in [1.82, 2.24) is 5.32 Å². The van der Waals surface area contributed by atoms with Crippen LogP contribution in [0.4, 0.5) is 4.39 Å². The predicted octanol–water partition coefficient (Wildman–Crippen LogP) is 4.30. The van der Waals surface area contributed by atoms with Gasteiger partial charge in [-0.1, -0.05) is 31.2 Å². The summed E-state index contributed by atoms with van der Waals surface area (Å²) in [7, 11) is 0. The molecule has 0 radical (unpaired) electrons. The Labute approximate surface area is 114 Å². The first kappa shape index (κ1) is 13.8. The molecule has 0 spiro atoms. The van der Waals surface area contributed by atoms with Crippen molar-refractivity contribution < 1.29 is 4.39 Å². The molecule has 0 atom stereocenters. The fraction of sp³-hybridized carbons (Fsp3) is 0.294. The van der Waals surface area contributed by atoms with Crippen LogP contribution >= 0.6 is 0 Å². The maximum absolute atomic E-state index is 13.5. The van der Waals surface area contributed by atoms with Crippen molar-refractivity contribution in [1.29, 1.82) is 0 Å². The van der Waals surface area contributed by atoms with Gasteiger partial charge in [0.15, 0.2) is 0 Å². The number of hydrogen-bond acceptors (Lipinski definition) is 1. The third kappa shape index (κ3) is 3.90. The number of rotatable bonds is 5. The smallest absolute Gasteiger partial charge is 0.124 e. The van der Waals surface area contributed by atoms with E-state index in [2.05, 4.69) is 24.4 Å². The van der Waals surface area contributed by atoms with Crippen LogP contribution in [0.15, 0.2) is 42.5 Å². The molecule has 2 aromatic carbocycles. The molecule has 0 amide bonds. The van der Waals surface area contributed by atoms with Crippen LogP contribution < -0.4 is 5.32 Å². The Hall–Kier alpha value is -1.67. The topological polar surface area (TPSA) is 12.0 Å². The number of halogens is 1. The average Bonchev–Trinajstić information content (AvgIpc) is 2.38. The Bertz CT molecular complexity index is 528. The highest BCUT2D eigenvalue weighted by Gasteiger charge is 2.02. The standard InChI is InChI=1S/C17H20FN/c1-3-7-19-12-14-5-4-6-15(10-14)16-8-13(2)9-17(18)11-16/h4-6,8-11,19H,3,7,12H2,1-2H3. The van der Waals surface area contributed by atoms with Crippen molar-refractivity contribution in [2.45, 2.75) is 26.8 Å². The molecule has 2 aromatic rings. The van der Waals surface area contributed by atoms with Crippen LogP contribution in [0.2, 0.25) is 0 Å². The molecule has 0 aliphatic heterocycles. The first-order valence-electron chi connectivity index (χ1n) is 6.76. The zero-order valence-corrected chi connectivity index (χ0v) is 11.5. The van der Waals surface area contributed by atoms with E-state index in [1.165, 1.54) is 5.56 Å². The monoisotopic (exact) mass is 257 g/mol. The second kappa shape index (κ2) is 6.48. The van der Waals surface area contributed by atoms with Crippen LogP contribution in [0.5, 0.6) is 0 Å². The zero-order valence-electron chi connectivity index (χ0n) is 11.5. The van der Waals surface area contributed by atoms with Gasteiger partial charge in [-0.05, 0) is 60.3 Å². The van der Waals surface area contributed by atoms with E-state index in [4.69, 9.17) is 0 Å². The molecular weight excluding hydrogens is 237 g/mol. The van der Waals surface area contributed by atoms with Gasteiger partial charge in [-0.15, -0.1) is 0 Å². The van der Waals surface area contributed by atoms with Gasteiger partial charge in [0.1, 0.15) is 5.82 Å². The lowest BCUT2D eigenvalue weighted by Gasteiger charge is -2.08. The Morgan fingerprint density at radius 3 is 2.63 bits per heavy atom. The van der Waals surface area contributed by atoms with Crippen molar-refractivity contribution in [3.8, 4) is 11.1 Å². The first-order chi connectivity index (χ1) is 9.19. The van der Waals surface area contributed by atoms with E-state index in [0.717, 1.165) is 36.2 Å². The minimum atomic E-state index is -0.176. The summed E-state index contributed by atoms with van der Waals surface area (Å²) in [5.74, 6) is -0.176. The van der Waals surface area contributed by atoms with Crippen LogP contribution in [0.1, 0.15) is 24.5 Å². The largest absolute Gasteiger partial charge is 0.313 e. The fourth-order valence-corrected chi connectivity index (χ4v) is 2.17. The van der Waals surface area contributed by atoms with Crippen molar-refractivity contribution in [3.05, 3.63) is 59.4 Å². The number of benzene rings is 2. The summed E-state index contributed by atoms with van der Waals surface area (Å²) in [5.41, 5.74) is 4.19. The summed E-state index contributed by atoms with van der Waals surface area (Å²) in [6.45, 7) is 5.94. The second-order valence-corrected chi connectivity index (χ2v) is 4.89. The summed E-state index contributed by atoms with van der Waals surface area (Å²) in [4.78, 5) is 0. The van der Waals surface area contributed by atoms with Crippen LogP contribution in [-0.2, 0) is 6.54 Å². The molecule has 0 aliphatic rings. The molecule has 0 saturated heterocycles. The molecular formula is C17H20FN. The molecule has 0 heterocycles. The summed E-state index contributed by atoms with van der Waals surface area (Å²) < 4.78 is 13.5. The minimum Gasteiger partial charge on any atom is -0.313 e.